The zero-order chi connectivity index (χ0) is 29.2. The number of anilines is 2. The number of nitrogens with one attached hydrogen (secondary N) is 1. The highest BCUT2D eigenvalue weighted by Gasteiger charge is 2.21. The van der Waals surface area contributed by atoms with Gasteiger partial charge in [0.05, 0.1) is 24.4 Å². The second kappa shape index (κ2) is 11.8. The molecule has 0 radical (unpaired) electrons. The molecule has 1 atom stereocenters. The lowest BCUT2D eigenvalue weighted by atomic mass is 10.0. The largest absolute Gasteiger partial charge is 0.492 e. The van der Waals surface area contributed by atoms with Gasteiger partial charge in [-0.2, -0.15) is 10.2 Å². The molecule has 1 aromatic carbocycles. The van der Waals surface area contributed by atoms with Crippen molar-refractivity contribution < 1.29 is 9.47 Å². The Morgan fingerprint density at radius 2 is 1.93 bits per heavy atom. The molecular formula is C31H37N9O2. The van der Waals surface area contributed by atoms with E-state index in [-0.39, 0.29) is 6.04 Å². The fourth-order valence-electron chi connectivity index (χ4n) is 5.30. The maximum absolute atomic E-state index is 6.25. The van der Waals surface area contributed by atoms with Gasteiger partial charge in [-0.05, 0) is 50.7 Å². The van der Waals surface area contributed by atoms with Crippen LogP contribution in [0.1, 0.15) is 38.8 Å². The van der Waals surface area contributed by atoms with Crippen LogP contribution >= 0.6 is 0 Å². The molecule has 0 saturated carbocycles. The summed E-state index contributed by atoms with van der Waals surface area (Å²) in [6.07, 6.45) is 6.08. The van der Waals surface area contributed by atoms with Crippen molar-refractivity contribution in [3.63, 3.8) is 0 Å². The molecule has 0 spiro atoms. The first kappa shape index (κ1) is 27.6. The van der Waals surface area contributed by atoms with Crippen LogP contribution in [0.15, 0.2) is 48.9 Å². The number of hydrogen-bond donors (Lipinski definition) is 1. The van der Waals surface area contributed by atoms with Crippen LogP contribution in [0.4, 0.5) is 11.6 Å². The summed E-state index contributed by atoms with van der Waals surface area (Å²) < 4.78 is 16.2. The predicted octanol–water partition coefficient (Wildman–Crippen LogP) is 5.40. The summed E-state index contributed by atoms with van der Waals surface area (Å²) in [7, 11) is 1.86. The zero-order valence-electron chi connectivity index (χ0n) is 24.8. The van der Waals surface area contributed by atoms with E-state index in [1.54, 1.807) is 17.1 Å². The standard InChI is InChI=1S/C31H37N9O2/c1-6-39(7-2)13-15-41-22-9-8-20(3)23(16-22)29-24-18-33-28-17-26(24)40(37-29)21(4)11-14-42-31-25(19-34-38(31)5)30-32-12-10-27(35-28)36-30/h8-10,12,16-19,21H,6-7,11,13-15H2,1-5H3,(H,32,33,35,36)/t21-/m0/s1. The van der Waals surface area contributed by atoms with Gasteiger partial charge in [0.2, 0.25) is 5.88 Å². The predicted molar refractivity (Wildman–Crippen MR) is 163 cm³/mol. The van der Waals surface area contributed by atoms with E-state index in [4.69, 9.17) is 24.5 Å². The van der Waals surface area contributed by atoms with Gasteiger partial charge in [-0.25, -0.2) is 19.6 Å². The molecular weight excluding hydrogens is 530 g/mol. The number of benzene rings is 1. The first-order valence-corrected chi connectivity index (χ1v) is 14.5. The van der Waals surface area contributed by atoms with Crippen molar-refractivity contribution >= 4 is 22.5 Å². The van der Waals surface area contributed by atoms with E-state index >= 15 is 0 Å². The van der Waals surface area contributed by atoms with Gasteiger partial charge in [0, 0.05) is 49.4 Å². The lowest BCUT2D eigenvalue weighted by Gasteiger charge is -2.18. The van der Waals surface area contributed by atoms with Gasteiger partial charge in [-0.3, -0.25) is 4.68 Å². The van der Waals surface area contributed by atoms with Crippen LogP contribution in [-0.2, 0) is 7.05 Å². The number of hydrogen-bond acceptors (Lipinski definition) is 9. The summed E-state index contributed by atoms with van der Waals surface area (Å²) in [6.45, 7) is 12.6. The highest BCUT2D eigenvalue weighted by molar-refractivity contribution is 5.95. The van der Waals surface area contributed by atoms with E-state index in [9.17, 15) is 0 Å². The monoisotopic (exact) mass is 567 g/mol. The first-order chi connectivity index (χ1) is 20.4. The van der Waals surface area contributed by atoms with E-state index in [2.05, 4.69) is 64.8 Å². The second-order valence-electron chi connectivity index (χ2n) is 10.6. The van der Waals surface area contributed by atoms with Crippen molar-refractivity contribution in [1.82, 2.24) is 39.4 Å². The third-order valence-electron chi connectivity index (χ3n) is 7.86. The zero-order valence-corrected chi connectivity index (χ0v) is 24.8. The quantitative estimate of drug-likeness (QED) is 0.276. The summed E-state index contributed by atoms with van der Waals surface area (Å²) in [5.74, 6) is 3.31. The fraction of sp³-hybridized carbons (Fsp3) is 0.387. The Morgan fingerprint density at radius 3 is 2.76 bits per heavy atom. The molecule has 5 heterocycles. The minimum absolute atomic E-state index is 0.0546. The first-order valence-electron chi connectivity index (χ1n) is 14.5. The number of aromatic nitrogens is 7. The minimum atomic E-state index is 0.0546. The number of fused-ring (bicyclic) bond motifs is 5. The molecule has 0 amide bonds. The van der Waals surface area contributed by atoms with E-state index in [1.807, 2.05) is 31.4 Å². The Morgan fingerprint density at radius 1 is 1.07 bits per heavy atom. The Kier molecular flexibility index (Phi) is 7.75. The molecule has 11 heteroatoms. The van der Waals surface area contributed by atoms with Crippen LogP contribution in [0.2, 0.25) is 0 Å². The van der Waals surface area contributed by atoms with Crippen LogP contribution in [0.5, 0.6) is 11.6 Å². The summed E-state index contributed by atoms with van der Waals surface area (Å²) in [4.78, 5) is 16.3. The van der Waals surface area contributed by atoms with Crippen molar-refractivity contribution in [2.24, 2.45) is 7.05 Å². The second-order valence-corrected chi connectivity index (χ2v) is 10.6. The highest BCUT2D eigenvalue weighted by Crippen LogP contribution is 2.36. The van der Waals surface area contributed by atoms with Gasteiger partial charge < -0.3 is 19.7 Å². The summed E-state index contributed by atoms with van der Waals surface area (Å²) in [5, 5.41) is 13.9. The molecule has 218 valence electrons. The Labute approximate surface area is 245 Å². The third-order valence-corrected chi connectivity index (χ3v) is 7.86. The maximum atomic E-state index is 6.25. The van der Waals surface area contributed by atoms with Crippen molar-refractivity contribution in [3.05, 3.63) is 54.5 Å². The normalized spacial score (nSPS) is 14.9. The molecule has 4 bridgehead atoms. The molecule has 0 aliphatic carbocycles. The third kappa shape index (κ3) is 5.39. The van der Waals surface area contributed by atoms with Crippen LogP contribution < -0.4 is 14.8 Å². The Hall–Kier alpha value is -4.51. The topological polar surface area (TPSA) is 108 Å². The minimum Gasteiger partial charge on any atom is -0.492 e. The van der Waals surface area contributed by atoms with E-state index < -0.39 is 0 Å². The smallest absolute Gasteiger partial charge is 0.222 e. The molecule has 0 unspecified atom stereocenters. The Bertz CT molecular complexity index is 1710. The van der Waals surface area contributed by atoms with Gasteiger partial charge in [0.15, 0.2) is 5.82 Å². The van der Waals surface area contributed by atoms with Crippen LogP contribution in [0, 0.1) is 6.92 Å². The number of nitrogens with zero attached hydrogens (tertiary/aromatic N) is 8. The van der Waals surface area contributed by atoms with Crippen LogP contribution in [0.25, 0.3) is 33.5 Å². The van der Waals surface area contributed by atoms with Gasteiger partial charge in [-0.15, -0.1) is 0 Å². The molecule has 42 heavy (non-hydrogen) atoms. The molecule has 1 aliphatic rings. The Balaban J connectivity index is 1.39. The average Bonchev–Trinajstić information content (AvgIpc) is 3.56. The molecule has 0 saturated heterocycles. The molecule has 1 N–H and O–H groups in total. The molecule has 0 fully saturated rings. The SMILES string of the molecule is CCN(CC)CCOc1ccc(C)c(-c2nn3c4cc(ncc24)Nc2ccnc(n2)-c2cnn(C)c2OCC[C@@H]3C)c1. The van der Waals surface area contributed by atoms with E-state index in [0.717, 1.165) is 65.1 Å². The van der Waals surface area contributed by atoms with Crippen molar-refractivity contribution in [1.29, 1.82) is 0 Å². The number of aryl methyl sites for hydroxylation is 2. The molecule has 6 rings (SSSR count). The van der Waals surface area contributed by atoms with Crippen molar-refractivity contribution in [2.45, 2.75) is 40.2 Å². The van der Waals surface area contributed by atoms with Crippen molar-refractivity contribution in [3.8, 4) is 34.3 Å². The molecule has 11 nitrogen and oxygen atoms in total. The number of likely N-dealkylation sites (N-methyl/N-ethyl adjacent to an activating group) is 1. The number of pyridine rings is 1. The van der Waals surface area contributed by atoms with E-state index in [1.165, 1.54) is 0 Å². The van der Waals surface area contributed by atoms with E-state index in [0.29, 0.717) is 36.6 Å². The van der Waals surface area contributed by atoms with Gasteiger partial charge in [0.25, 0.3) is 0 Å². The van der Waals surface area contributed by atoms with Gasteiger partial charge in [-0.1, -0.05) is 19.9 Å². The average molecular weight is 568 g/mol. The molecule has 1 aliphatic heterocycles. The number of rotatable bonds is 7. The van der Waals surface area contributed by atoms with Gasteiger partial charge >= 0.3 is 0 Å². The number of ether oxygens (including phenoxy) is 2. The van der Waals surface area contributed by atoms with Gasteiger partial charge in [0.1, 0.15) is 35.2 Å². The lowest BCUT2D eigenvalue weighted by molar-refractivity contribution is 0.223. The summed E-state index contributed by atoms with van der Waals surface area (Å²) >= 11 is 0. The van der Waals surface area contributed by atoms with Crippen LogP contribution in [-0.4, -0.2) is 72.3 Å². The lowest BCUT2D eigenvalue weighted by Crippen LogP contribution is -2.27. The summed E-state index contributed by atoms with van der Waals surface area (Å²) in [6, 6.07) is 10.1. The molecule has 5 aromatic rings. The van der Waals surface area contributed by atoms with Crippen molar-refractivity contribution in [2.75, 3.05) is 38.2 Å². The van der Waals surface area contributed by atoms with Crippen LogP contribution in [0.3, 0.4) is 0 Å². The maximum Gasteiger partial charge on any atom is 0.222 e. The fourth-order valence-corrected chi connectivity index (χ4v) is 5.30. The summed E-state index contributed by atoms with van der Waals surface area (Å²) in [5.41, 5.74) is 4.76. The molecule has 4 aromatic heterocycles. The highest BCUT2D eigenvalue weighted by atomic mass is 16.5.